The molecule has 0 spiro atoms. The van der Waals surface area contributed by atoms with Crippen LogP contribution in [0.25, 0.3) is 17.4 Å². The van der Waals surface area contributed by atoms with E-state index in [0.717, 1.165) is 16.8 Å². The Labute approximate surface area is 143 Å². The third-order valence-electron chi connectivity index (χ3n) is 4.19. The maximum Gasteiger partial charge on any atom is 0.247 e. The lowest BCUT2D eigenvalue weighted by Gasteiger charge is -2.24. The first-order valence-corrected chi connectivity index (χ1v) is 7.94. The molecule has 126 valence electrons. The van der Waals surface area contributed by atoms with Gasteiger partial charge in [-0.15, -0.1) is 0 Å². The Hall–Kier alpha value is -3.15. The number of nitrogens with zero attached hydrogens (tertiary/aromatic N) is 2. The highest BCUT2D eigenvalue weighted by atomic mass is 19.1. The molecule has 1 amide bonds. The van der Waals surface area contributed by atoms with Crippen LogP contribution >= 0.6 is 0 Å². The van der Waals surface area contributed by atoms with Crippen molar-refractivity contribution < 1.29 is 18.1 Å². The van der Waals surface area contributed by atoms with E-state index in [1.54, 1.807) is 41.5 Å². The molecule has 1 aliphatic heterocycles. The van der Waals surface area contributed by atoms with Crippen molar-refractivity contribution in [1.82, 2.24) is 10.1 Å². The summed E-state index contributed by atoms with van der Waals surface area (Å²) in [5.41, 5.74) is 2.50. The molecular weight excluding hydrogens is 323 g/mol. The van der Waals surface area contributed by atoms with Crippen LogP contribution in [-0.4, -0.2) is 22.5 Å². The van der Waals surface area contributed by atoms with E-state index in [1.807, 2.05) is 0 Å². The second-order valence-corrected chi connectivity index (χ2v) is 5.80. The SMILES string of the molecule is O=C(/C=C/c1ccco1)N1CCc2c(noc2-c2ccc(F)cc2)C1. The zero-order valence-electron chi connectivity index (χ0n) is 13.3. The van der Waals surface area contributed by atoms with Crippen molar-refractivity contribution in [2.24, 2.45) is 0 Å². The number of carbonyl (C=O) groups excluding carboxylic acids is 1. The molecule has 1 aromatic carbocycles. The zero-order chi connectivity index (χ0) is 17.2. The van der Waals surface area contributed by atoms with E-state index in [-0.39, 0.29) is 11.7 Å². The Bertz CT molecular complexity index is 911. The van der Waals surface area contributed by atoms with Gasteiger partial charge in [0.25, 0.3) is 0 Å². The van der Waals surface area contributed by atoms with Crippen LogP contribution in [0.2, 0.25) is 0 Å². The first-order chi connectivity index (χ1) is 12.2. The van der Waals surface area contributed by atoms with Gasteiger partial charge in [-0.3, -0.25) is 4.79 Å². The predicted octanol–water partition coefficient (Wildman–Crippen LogP) is 3.67. The van der Waals surface area contributed by atoms with Crippen molar-refractivity contribution in [3.8, 4) is 11.3 Å². The molecule has 0 saturated carbocycles. The van der Waals surface area contributed by atoms with E-state index in [4.69, 9.17) is 8.94 Å². The van der Waals surface area contributed by atoms with Gasteiger partial charge in [-0.05, 0) is 48.9 Å². The summed E-state index contributed by atoms with van der Waals surface area (Å²) in [4.78, 5) is 14.0. The fourth-order valence-corrected chi connectivity index (χ4v) is 2.89. The third kappa shape index (κ3) is 3.10. The van der Waals surface area contributed by atoms with E-state index >= 15 is 0 Å². The van der Waals surface area contributed by atoms with Gasteiger partial charge < -0.3 is 13.8 Å². The molecule has 0 saturated heterocycles. The van der Waals surface area contributed by atoms with E-state index in [2.05, 4.69) is 5.16 Å². The summed E-state index contributed by atoms with van der Waals surface area (Å²) in [6.45, 7) is 0.963. The lowest BCUT2D eigenvalue weighted by atomic mass is 10.0. The van der Waals surface area contributed by atoms with Crippen LogP contribution in [0.1, 0.15) is 17.0 Å². The number of furan rings is 1. The van der Waals surface area contributed by atoms with Crippen LogP contribution < -0.4 is 0 Å². The van der Waals surface area contributed by atoms with Gasteiger partial charge in [-0.25, -0.2) is 4.39 Å². The van der Waals surface area contributed by atoms with Gasteiger partial charge in [0.1, 0.15) is 17.3 Å². The lowest BCUT2D eigenvalue weighted by molar-refractivity contribution is -0.126. The minimum Gasteiger partial charge on any atom is -0.465 e. The molecule has 0 N–H and O–H groups in total. The third-order valence-corrected chi connectivity index (χ3v) is 4.19. The molecule has 1 aliphatic rings. The number of carbonyl (C=O) groups is 1. The average molecular weight is 338 g/mol. The van der Waals surface area contributed by atoms with E-state index in [1.165, 1.54) is 18.2 Å². The van der Waals surface area contributed by atoms with Crippen LogP contribution in [0.4, 0.5) is 4.39 Å². The topological polar surface area (TPSA) is 59.5 Å². The molecule has 3 aromatic rings. The maximum atomic E-state index is 13.1. The summed E-state index contributed by atoms with van der Waals surface area (Å²) in [7, 11) is 0. The minimum absolute atomic E-state index is 0.103. The molecule has 25 heavy (non-hydrogen) atoms. The molecule has 2 aromatic heterocycles. The van der Waals surface area contributed by atoms with Crippen LogP contribution in [0.15, 0.2) is 57.7 Å². The van der Waals surface area contributed by atoms with Crippen molar-refractivity contribution in [3.05, 3.63) is 71.6 Å². The molecule has 0 fully saturated rings. The lowest BCUT2D eigenvalue weighted by Crippen LogP contribution is -2.34. The summed E-state index contributed by atoms with van der Waals surface area (Å²) in [5, 5.41) is 4.09. The number of benzene rings is 1. The van der Waals surface area contributed by atoms with Crippen molar-refractivity contribution in [3.63, 3.8) is 0 Å². The van der Waals surface area contributed by atoms with Gasteiger partial charge in [0.2, 0.25) is 5.91 Å². The number of amides is 1. The molecule has 4 rings (SSSR count). The van der Waals surface area contributed by atoms with E-state index in [9.17, 15) is 9.18 Å². The molecule has 0 radical (unpaired) electrons. The number of hydrogen-bond donors (Lipinski definition) is 0. The van der Waals surface area contributed by atoms with Crippen molar-refractivity contribution in [2.45, 2.75) is 13.0 Å². The smallest absolute Gasteiger partial charge is 0.247 e. The molecule has 6 heteroatoms. The average Bonchev–Trinajstić information content (AvgIpc) is 3.29. The number of aromatic nitrogens is 1. The fraction of sp³-hybridized carbons (Fsp3) is 0.158. The summed E-state index contributed by atoms with van der Waals surface area (Å²) < 4.78 is 23.7. The highest BCUT2D eigenvalue weighted by Crippen LogP contribution is 2.30. The van der Waals surface area contributed by atoms with Gasteiger partial charge in [-0.2, -0.15) is 0 Å². The van der Waals surface area contributed by atoms with Gasteiger partial charge in [-0.1, -0.05) is 5.16 Å². The zero-order valence-corrected chi connectivity index (χ0v) is 13.3. The van der Waals surface area contributed by atoms with Gasteiger partial charge in [0, 0.05) is 23.7 Å². The second kappa shape index (κ2) is 6.39. The standard InChI is InChI=1S/C19H15FN2O3/c20-14-5-3-13(4-6-14)19-16-9-10-22(12-17(16)21-25-19)18(23)8-7-15-2-1-11-24-15/h1-8,11H,9-10,12H2/b8-7+. The molecular formula is C19H15FN2O3. The van der Waals surface area contributed by atoms with Gasteiger partial charge >= 0.3 is 0 Å². The molecule has 0 aliphatic carbocycles. The Morgan fingerprint density at radius 1 is 1.24 bits per heavy atom. The number of rotatable bonds is 3. The molecule has 0 atom stereocenters. The summed E-state index contributed by atoms with van der Waals surface area (Å²) in [6.07, 6.45) is 5.34. The first kappa shape index (κ1) is 15.4. The quantitative estimate of drug-likeness (QED) is 0.684. The van der Waals surface area contributed by atoms with Crippen LogP contribution in [0.5, 0.6) is 0 Å². The highest BCUT2D eigenvalue weighted by molar-refractivity contribution is 5.91. The summed E-state index contributed by atoms with van der Waals surface area (Å²) in [5.74, 6) is 0.880. The van der Waals surface area contributed by atoms with Crippen LogP contribution in [-0.2, 0) is 17.8 Å². The largest absolute Gasteiger partial charge is 0.465 e. The number of hydrogen-bond acceptors (Lipinski definition) is 4. The van der Waals surface area contributed by atoms with Crippen molar-refractivity contribution in [1.29, 1.82) is 0 Å². The Morgan fingerprint density at radius 3 is 2.84 bits per heavy atom. The molecule has 0 bridgehead atoms. The number of fused-ring (bicyclic) bond motifs is 1. The predicted molar refractivity (Wildman–Crippen MR) is 88.8 cm³/mol. The fourth-order valence-electron chi connectivity index (χ4n) is 2.89. The minimum atomic E-state index is -0.294. The summed E-state index contributed by atoms with van der Waals surface area (Å²) >= 11 is 0. The van der Waals surface area contributed by atoms with E-state index in [0.29, 0.717) is 31.0 Å². The van der Waals surface area contributed by atoms with Crippen LogP contribution in [0, 0.1) is 5.82 Å². The van der Waals surface area contributed by atoms with Crippen LogP contribution in [0.3, 0.4) is 0 Å². The molecule has 5 nitrogen and oxygen atoms in total. The normalized spacial score (nSPS) is 14.0. The van der Waals surface area contributed by atoms with Crippen molar-refractivity contribution in [2.75, 3.05) is 6.54 Å². The van der Waals surface area contributed by atoms with Gasteiger partial charge in [0.15, 0.2) is 5.76 Å². The molecule has 3 heterocycles. The first-order valence-electron chi connectivity index (χ1n) is 7.94. The second-order valence-electron chi connectivity index (χ2n) is 5.80. The Balaban J connectivity index is 1.50. The highest BCUT2D eigenvalue weighted by Gasteiger charge is 2.26. The Kier molecular flexibility index (Phi) is 3.93. The van der Waals surface area contributed by atoms with Gasteiger partial charge in [0.05, 0.1) is 12.8 Å². The summed E-state index contributed by atoms with van der Waals surface area (Å²) in [6, 6.07) is 9.67. The van der Waals surface area contributed by atoms with Crippen molar-refractivity contribution >= 4 is 12.0 Å². The maximum absolute atomic E-state index is 13.1. The monoisotopic (exact) mass is 338 g/mol. The molecule has 0 unspecified atom stereocenters. The number of halogens is 1. The van der Waals surface area contributed by atoms with E-state index < -0.39 is 0 Å². The Morgan fingerprint density at radius 2 is 2.08 bits per heavy atom.